The summed E-state index contributed by atoms with van der Waals surface area (Å²) >= 11 is 0. The zero-order valence-electron chi connectivity index (χ0n) is 34.6. The van der Waals surface area contributed by atoms with Crippen molar-refractivity contribution in [1.82, 2.24) is 14.7 Å². The minimum atomic E-state index is -1.88. The molecule has 3 fully saturated rings. The molecule has 5 aliphatic rings. The van der Waals surface area contributed by atoms with E-state index in [0.717, 1.165) is 21.6 Å². The van der Waals surface area contributed by atoms with Crippen LogP contribution in [0.2, 0.25) is 0 Å². The number of para-hydroxylation sites is 1. The first kappa shape index (κ1) is 40.3. The normalized spacial score (nSPS) is 25.2. The second kappa shape index (κ2) is 16.5. The zero-order chi connectivity index (χ0) is 43.2. The summed E-state index contributed by atoms with van der Waals surface area (Å²) in [4.78, 5) is 68.4. The van der Waals surface area contributed by atoms with Crippen LogP contribution in [0, 0.1) is 5.92 Å². The minimum absolute atomic E-state index is 0.00471. The summed E-state index contributed by atoms with van der Waals surface area (Å²) in [6.07, 6.45) is -1.78. The summed E-state index contributed by atoms with van der Waals surface area (Å²) in [7, 11) is 1.48. The molecule has 322 valence electrons. The van der Waals surface area contributed by atoms with Gasteiger partial charge in [-0.25, -0.2) is 9.69 Å². The van der Waals surface area contributed by atoms with Crippen molar-refractivity contribution in [3.8, 4) is 17.2 Å². The van der Waals surface area contributed by atoms with E-state index in [1.54, 1.807) is 41.3 Å². The molecule has 0 bridgehead atoms. The fourth-order valence-corrected chi connectivity index (χ4v) is 10.4. The number of benzene rings is 5. The Hall–Kier alpha value is -6.74. The molecule has 6 atom stereocenters. The van der Waals surface area contributed by atoms with Crippen molar-refractivity contribution >= 4 is 29.6 Å². The van der Waals surface area contributed by atoms with Crippen LogP contribution in [0.25, 0.3) is 0 Å². The number of rotatable bonds is 9. The van der Waals surface area contributed by atoms with Gasteiger partial charge < -0.3 is 33.7 Å². The Labute approximate surface area is 364 Å². The molecule has 10 rings (SSSR count). The lowest BCUT2D eigenvalue weighted by molar-refractivity contribution is -0.179. The summed E-state index contributed by atoms with van der Waals surface area (Å²) < 4.78 is 28.5. The highest BCUT2D eigenvalue weighted by molar-refractivity contribution is 6.23. The van der Waals surface area contributed by atoms with E-state index in [4.69, 9.17) is 23.7 Å². The lowest BCUT2D eigenvalue weighted by atomic mass is 9.65. The molecule has 5 aliphatic heterocycles. The fraction of sp³-hybridized carbons (Fsp3) is 0.306. The smallest absolute Gasteiger partial charge is 0.421 e. The Morgan fingerprint density at radius 3 is 2.16 bits per heavy atom. The first-order valence-electron chi connectivity index (χ1n) is 21.2. The van der Waals surface area contributed by atoms with Crippen LogP contribution in [0.4, 0.5) is 10.5 Å². The van der Waals surface area contributed by atoms with E-state index in [-0.39, 0.29) is 31.4 Å². The average Bonchev–Trinajstić information content (AvgIpc) is 3.99. The maximum atomic E-state index is 16.1. The number of amides is 3. The molecule has 0 saturated carbocycles. The Bertz CT molecular complexity index is 2530. The van der Waals surface area contributed by atoms with E-state index < -0.39 is 59.4 Å². The highest BCUT2D eigenvalue weighted by Crippen LogP contribution is 2.66. The van der Waals surface area contributed by atoms with Crippen molar-refractivity contribution in [2.75, 3.05) is 58.2 Å². The highest BCUT2D eigenvalue weighted by atomic mass is 16.7. The summed E-state index contributed by atoms with van der Waals surface area (Å²) in [5.41, 5.74) is 1.90. The molecule has 14 heteroatoms. The number of cyclic esters (lactones) is 1. The molecule has 14 nitrogen and oxygen atoms in total. The number of piperazine rings is 1. The summed E-state index contributed by atoms with van der Waals surface area (Å²) in [6.45, 7) is 2.44. The topological polar surface area (TPSA) is 148 Å². The van der Waals surface area contributed by atoms with Gasteiger partial charge in [-0.05, 0) is 58.1 Å². The third kappa shape index (κ3) is 6.76. The Morgan fingerprint density at radius 1 is 0.746 bits per heavy atom. The van der Waals surface area contributed by atoms with E-state index in [1.807, 2.05) is 83.8 Å². The van der Waals surface area contributed by atoms with E-state index in [1.165, 1.54) is 19.2 Å². The van der Waals surface area contributed by atoms with E-state index in [0.29, 0.717) is 55.3 Å². The molecule has 5 aromatic carbocycles. The minimum Gasteiger partial charge on any atom is -0.508 e. The maximum absolute atomic E-state index is 16.1. The Morgan fingerprint density at radius 2 is 1.43 bits per heavy atom. The summed E-state index contributed by atoms with van der Waals surface area (Å²) in [5, 5.41) is 10.6. The van der Waals surface area contributed by atoms with Crippen molar-refractivity contribution in [3.63, 3.8) is 0 Å². The zero-order valence-corrected chi connectivity index (χ0v) is 34.6. The second-order valence-electron chi connectivity index (χ2n) is 16.4. The molecule has 1 N–H and O–H groups in total. The molecule has 0 unspecified atom stereocenters. The van der Waals surface area contributed by atoms with Gasteiger partial charge in [0, 0.05) is 39.8 Å². The van der Waals surface area contributed by atoms with Crippen LogP contribution >= 0.6 is 0 Å². The number of hydrogen-bond donors (Lipinski definition) is 1. The number of anilines is 1. The molecular weight excluding hydrogens is 805 g/mol. The van der Waals surface area contributed by atoms with Crippen LogP contribution in [-0.4, -0.2) is 103 Å². The van der Waals surface area contributed by atoms with Crippen LogP contribution in [0.3, 0.4) is 0 Å². The Kier molecular flexibility index (Phi) is 10.6. The summed E-state index contributed by atoms with van der Waals surface area (Å²) in [5.74, 6) is -1.75. The molecule has 0 aliphatic carbocycles. The predicted molar refractivity (Wildman–Crippen MR) is 228 cm³/mol. The van der Waals surface area contributed by atoms with Crippen LogP contribution in [0.1, 0.15) is 46.0 Å². The number of fused-ring (bicyclic) bond motifs is 4. The molecule has 1 spiro atoms. The number of phenols is 1. The van der Waals surface area contributed by atoms with Gasteiger partial charge in [-0.3, -0.25) is 24.2 Å². The molecule has 0 radical (unpaired) electrons. The number of imide groups is 1. The molecule has 3 saturated heterocycles. The van der Waals surface area contributed by atoms with Gasteiger partial charge in [-0.1, -0.05) is 97.1 Å². The van der Waals surface area contributed by atoms with E-state index >= 15 is 14.4 Å². The molecule has 3 amide bonds. The molecular formula is C49H46N4O10. The number of ether oxygens (including phenoxy) is 5. The van der Waals surface area contributed by atoms with E-state index in [9.17, 15) is 9.90 Å². The van der Waals surface area contributed by atoms with Crippen molar-refractivity contribution < 1.29 is 48.0 Å². The third-order valence-electron chi connectivity index (χ3n) is 13.1. The number of carbonyl (C=O) groups is 4. The number of aromatic hydroxyl groups is 1. The lowest BCUT2D eigenvalue weighted by Crippen LogP contribution is -2.59. The fourth-order valence-electron chi connectivity index (χ4n) is 10.4. The number of hydrogen-bond acceptors (Lipinski definition) is 12. The number of carbonyl (C=O) groups excluding carboxylic acids is 4. The van der Waals surface area contributed by atoms with Crippen LogP contribution in [0.5, 0.6) is 17.2 Å². The molecule has 5 aromatic rings. The van der Waals surface area contributed by atoms with Gasteiger partial charge in [0.05, 0.1) is 30.3 Å². The van der Waals surface area contributed by atoms with Crippen LogP contribution in [0.15, 0.2) is 127 Å². The Balaban J connectivity index is 1.13. The molecule has 0 aromatic heterocycles. The first-order valence-corrected chi connectivity index (χ1v) is 21.2. The number of nitrogens with zero attached hydrogens (tertiary/aromatic N) is 4. The maximum Gasteiger partial charge on any atom is 0.421 e. The van der Waals surface area contributed by atoms with Gasteiger partial charge in [-0.2, -0.15) is 0 Å². The van der Waals surface area contributed by atoms with Gasteiger partial charge in [0.1, 0.15) is 29.9 Å². The summed E-state index contributed by atoms with van der Waals surface area (Å²) in [6, 6.07) is 35.3. The SMILES string of the molecule is COCCOC(=O)N1C(=O)[C@@]2(c3ccccc31)[C@H](c1ccc(O)cc1)N1[C@H](c3ccccc3)[C@H](c3ccccc3)OC(=O)[C@H]1[C@@H]2C(=O)N1CCN(Cc2ccc3c(c2)OCO3)CC1. The van der Waals surface area contributed by atoms with Crippen LogP contribution in [-0.2, 0) is 40.6 Å². The quantitative estimate of drug-likeness (QED) is 0.139. The van der Waals surface area contributed by atoms with Crippen molar-refractivity contribution in [2.45, 2.75) is 36.2 Å². The molecule has 63 heavy (non-hydrogen) atoms. The number of methoxy groups -OCH3 is 1. The van der Waals surface area contributed by atoms with Gasteiger partial charge in [0.25, 0.3) is 0 Å². The lowest BCUT2D eigenvalue weighted by Gasteiger charge is -2.46. The van der Waals surface area contributed by atoms with Crippen LogP contribution < -0.4 is 14.4 Å². The number of morpholine rings is 1. The second-order valence-corrected chi connectivity index (χ2v) is 16.4. The monoisotopic (exact) mass is 850 g/mol. The predicted octanol–water partition coefficient (Wildman–Crippen LogP) is 5.91. The number of esters is 1. The number of phenolic OH excluding ortho intramolecular Hbond substituents is 1. The first-order chi connectivity index (χ1) is 30.8. The van der Waals surface area contributed by atoms with Crippen molar-refractivity contribution in [3.05, 3.63) is 155 Å². The third-order valence-corrected chi connectivity index (χ3v) is 13.1. The van der Waals surface area contributed by atoms with E-state index in [2.05, 4.69) is 4.90 Å². The highest BCUT2D eigenvalue weighted by Gasteiger charge is 2.76. The van der Waals surface area contributed by atoms with Crippen molar-refractivity contribution in [2.24, 2.45) is 5.92 Å². The van der Waals surface area contributed by atoms with Gasteiger partial charge in [0.2, 0.25) is 18.6 Å². The molecule has 5 heterocycles. The average molecular weight is 851 g/mol. The van der Waals surface area contributed by atoms with Gasteiger partial charge >= 0.3 is 12.1 Å². The van der Waals surface area contributed by atoms with Gasteiger partial charge in [0.15, 0.2) is 11.5 Å². The standard InChI is InChI=1S/C49H46N4O10/c1-59-26-27-60-48(58)52-37-15-9-8-14-36(37)49(47(52)57)40(45(55)51-24-22-50(23-25-51)29-31-16-21-38-39(28-31)62-30-61-38)42-46(56)63-43(33-12-6-3-7-13-33)41(32-10-4-2-5-11-32)53(42)44(49)34-17-19-35(54)20-18-34/h2-21,28,40-44,54H,22-27,29-30H2,1H3/t40-,41-,42-,43+,44+,49-/m1/s1. The largest absolute Gasteiger partial charge is 0.508 e. The van der Waals surface area contributed by atoms with Crippen molar-refractivity contribution in [1.29, 1.82) is 0 Å². The van der Waals surface area contributed by atoms with Gasteiger partial charge in [-0.15, -0.1) is 0 Å².